The first kappa shape index (κ1) is 30.0. The Balaban J connectivity index is -0.0000000167. The van der Waals surface area contributed by atoms with Crippen LogP contribution >= 0.6 is 0 Å². The van der Waals surface area contributed by atoms with E-state index >= 15 is 0 Å². The van der Waals surface area contributed by atoms with Gasteiger partial charge in [0.15, 0.2) is 0 Å². The minimum atomic E-state index is 0. The molecular formula is C32H98. The highest BCUT2D eigenvalue weighted by Gasteiger charge is 1.98. The highest BCUT2D eigenvalue weighted by Crippen LogP contribution is 2.17. The number of hydrogen-bond acceptors (Lipinski definition) is 0. The molecule has 226 valence electrons. The van der Waals surface area contributed by atoms with Crippen LogP contribution in [0.15, 0.2) is 0 Å². The average Bonchev–Trinajstić information content (AvgIpc) is 2.67. The molecule has 0 heteroatoms. The second-order valence-electron chi connectivity index (χ2n) is 11.3. The summed E-state index contributed by atoms with van der Waals surface area (Å²) in [6, 6.07) is 0. The van der Waals surface area contributed by atoms with Crippen LogP contribution in [0.4, 0.5) is 0 Å². The Kier molecular flexibility index (Phi) is 25.6. The van der Waals surface area contributed by atoms with Crippen LogP contribution < -0.4 is 0 Å². The Morgan fingerprint density at radius 3 is 0.156 bits per heavy atom. The fourth-order valence-electron chi connectivity index (χ4n) is 5.66. The largest absolute Gasteiger partial charge is 0.0533 e. The van der Waals surface area contributed by atoms with Crippen molar-refractivity contribution in [3.63, 3.8) is 0 Å². The molecule has 4 aliphatic carbocycles. The van der Waals surface area contributed by atoms with Crippen molar-refractivity contribution in [3.8, 4) is 0 Å². The number of rotatable bonds is 0. The van der Waals surface area contributed by atoms with Crippen molar-refractivity contribution < 1.29 is 24.3 Å². The van der Waals surface area contributed by atoms with Gasteiger partial charge in [-0.05, 0) is 0 Å². The summed E-state index contributed by atoms with van der Waals surface area (Å²) in [6.07, 6.45) is 48.0. The van der Waals surface area contributed by atoms with Gasteiger partial charge in [-0.3, -0.25) is 0 Å². The minimum Gasteiger partial charge on any atom is -0.0533 e. The molecule has 0 unspecified atom stereocenters. The summed E-state index contributed by atoms with van der Waals surface area (Å²) in [4.78, 5) is 0. The first-order valence-corrected chi connectivity index (χ1v) is 16.0. The van der Waals surface area contributed by atoms with Crippen LogP contribution in [-0.2, 0) is 0 Å². The summed E-state index contributed by atoms with van der Waals surface area (Å²) in [5.41, 5.74) is 0. The predicted molar refractivity (Wildman–Crippen MR) is 184 cm³/mol. The lowest BCUT2D eigenvalue weighted by Gasteiger charge is -2.05. The SMILES string of the molecule is C1CCCCCCC1.C1CCCCCCC1.C1CCCCCCC1.C1CCCCCCC1.[2HH].[2HH].[2HH].[2HH].[2HH].[2HH].[2HH].[2HH].[2HH].[2HH].[2HH].[2HH].[2HH].[2HH].[2HH].[2HH].[2HH]. The van der Waals surface area contributed by atoms with E-state index in [1.165, 1.54) is 205 Å². The summed E-state index contributed by atoms with van der Waals surface area (Å²) in [5, 5.41) is 0. The van der Waals surface area contributed by atoms with Crippen molar-refractivity contribution in [2.45, 2.75) is 205 Å². The average molecular weight is 500 g/mol. The highest BCUT2D eigenvalue weighted by atomic mass is 14.0. The van der Waals surface area contributed by atoms with E-state index in [1.807, 2.05) is 0 Å². The highest BCUT2D eigenvalue weighted by molar-refractivity contribution is 4.53. The molecule has 32 heavy (non-hydrogen) atoms. The number of hydrogen-bond donors (Lipinski definition) is 0. The van der Waals surface area contributed by atoms with Gasteiger partial charge in [-0.2, -0.15) is 0 Å². The van der Waals surface area contributed by atoms with Crippen molar-refractivity contribution >= 4 is 0 Å². The van der Waals surface area contributed by atoms with Crippen molar-refractivity contribution in [2.24, 2.45) is 0 Å². The van der Waals surface area contributed by atoms with E-state index in [0.717, 1.165) is 0 Å². The van der Waals surface area contributed by atoms with Crippen molar-refractivity contribution in [1.82, 2.24) is 0 Å². The fourth-order valence-corrected chi connectivity index (χ4v) is 5.66. The van der Waals surface area contributed by atoms with Crippen LogP contribution in [0.25, 0.3) is 0 Å². The molecule has 0 amide bonds. The molecular weight excluding hydrogens is 384 g/mol. The van der Waals surface area contributed by atoms with E-state index in [0.29, 0.717) is 0 Å². The summed E-state index contributed by atoms with van der Waals surface area (Å²) < 4.78 is 0. The van der Waals surface area contributed by atoms with Gasteiger partial charge in [0.1, 0.15) is 0 Å². The maximum Gasteiger partial charge on any atom is 0 e. The summed E-state index contributed by atoms with van der Waals surface area (Å²) in [6.45, 7) is 0. The monoisotopic (exact) mass is 500 g/mol. The molecule has 4 fully saturated rings. The fraction of sp³-hybridized carbons (Fsp3) is 1.00. The summed E-state index contributed by atoms with van der Waals surface area (Å²) in [5.74, 6) is 0. The second kappa shape index (κ2) is 27.2. The predicted octanol–water partition coefficient (Wildman–Crippen LogP) is 16.7. The molecule has 0 saturated heterocycles. The first-order chi connectivity index (χ1) is 16.0. The Labute approximate surface area is 230 Å². The molecule has 0 N–H and O–H groups in total. The Morgan fingerprint density at radius 2 is 0.125 bits per heavy atom. The van der Waals surface area contributed by atoms with Gasteiger partial charge in [0, 0.05) is 24.3 Å². The Hall–Kier alpha value is 0. The van der Waals surface area contributed by atoms with E-state index in [9.17, 15) is 0 Å². The Bertz CT molecular complexity index is 206. The van der Waals surface area contributed by atoms with E-state index < -0.39 is 0 Å². The zero-order valence-corrected chi connectivity index (χ0v) is 22.6. The van der Waals surface area contributed by atoms with Crippen LogP contribution in [0.3, 0.4) is 0 Å². The van der Waals surface area contributed by atoms with E-state index in [-0.39, 0.29) is 24.3 Å². The smallest absolute Gasteiger partial charge is 0 e. The normalized spacial score (nSPS) is 24.0. The molecule has 4 aliphatic rings. The van der Waals surface area contributed by atoms with E-state index in [2.05, 4.69) is 0 Å². The third kappa shape index (κ3) is 24.6. The molecule has 0 spiro atoms. The van der Waals surface area contributed by atoms with Crippen LogP contribution in [0, 0.1) is 0 Å². The molecule has 0 aliphatic heterocycles. The lowest BCUT2D eigenvalue weighted by Crippen LogP contribution is -1.85. The molecule has 0 nitrogen and oxygen atoms in total. The summed E-state index contributed by atoms with van der Waals surface area (Å²) >= 11 is 0. The molecule has 0 heterocycles. The zero-order valence-electron chi connectivity index (χ0n) is 22.6. The molecule has 0 aromatic carbocycles. The van der Waals surface area contributed by atoms with Gasteiger partial charge in [0.25, 0.3) is 0 Å². The quantitative estimate of drug-likeness (QED) is 0.310. The zero-order chi connectivity index (χ0) is 22.6. The van der Waals surface area contributed by atoms with Crippen LogP contribution in [0.2, 0.25) is 0 Å². The topological polar surface area (TPSA) is 0 Å². The van der Waals surface area contributed by atoms with Crippen LogP contribution in [0.5, 0.6) is 0 Å². The van der Waals surface area contributed by atoms with Gasteiger partial charge in [-0.1, -0.05) is 205 Å². The third-order valence-corrected chi connectivity index (χ3v) is 8.00. The maximum absolute atomic E-state index is 1.50. The second-order valence-corrected chi connectivity index (χ2v) is 11.3. The van der Waals surface area contributed by atoms with Gasteiger partial charge in [0.2, 0.25) is 0 Å². The van der Waals surface area contributed by atoms with Gasteiger partial charge in [-0.25, -0.2) is 0 Å². The first-order valence-electron chi connectivity index (χ1n) is 16.0. The Morgan fingerprint density at radius 1 is 0.0938 bits per heavy atom. The maximum atomic E-state index is 1.50. The van der Waals surface area contributed by atoms with Gasteiger partial charge < -0.3 is 0 Å². The van der Waals surface area contributed by atoms with Gasteiger partial charge in [0.05, 0.1) is 0 Å². The standard InChI is InChI=1S/4C8H16.17H2/c4*1-2-4-6-8-7-5-3-1;;;;;;;;;;;;;;;;;/h4*1-8H2;17*1H/i;;;;17*1+1. The molecule has 4 saturated carbocycles. The van der Waals surface area contributed by atoms with E-state index in [1.54, 1.807) is 0 Å². The molecule has 0 radical (unpaired) electrons. The summed E-state index contributed by atoms with van der Waals surface area (Å²) in [7, 11) is 0. The molecule has 0 aromatic heterocycles. The van der Waals surface area contributed by atoms with Crippen LogP contribution in [-0.4, -0.2) is 0 Å². The minimum absolute atomic E-state index is 0. The lowest BCUT2D eigenvalue weighted by molar-refractivity contribution is 0.504. The van der Waals surface area contributed by atoms with Crippen LogP contribution in [0.1, 0.15) is 230 Å². The van der Waals surface area contributed by atoms with Crippen molar-refractivity contribution in [2.75, 3.05) is 0 Å². The van der Waals surface area contributed by atoms with Crippen molar-refractivity contribution in [1.29, 1.82) is 0 Å². The van der Waals surface area contributed by atoms with Crippen molar-refractivity contribution in [3.05, 3.63) is 0 Å². The van der Waals surface area contributed by atoms with E-state index in [4.69, 9.17) is 0 Å². The molecule has 4 rings (SSSR count). The molecule has 0 atom stereocenters. The molecule has 0 aromatic rings. The molecule has 0 bridgehead atoms. The lowest BCUT2D eigenvalue weighted by atomic mass is 10.0. The van der Waals surface area contributed by atoms with Gasteiger partial charge in [-0.15, -0.1) is 0 Å². The third-order valence-electron chi connectivity index (χ3n) is 8.00. The van der Waals surface area contributed by atoms with Gasteiger partial charge >= 0.3 is 0 Å².